The molecule has 0 saturated carbocycles. The highest BCUT2D eigenvalue weighted by Gasteiger charge is 2.32. The summed E-state index contributed by atoms with van der Waals surface area (Å²) < 4.78 is 4.27. The number of hydrogen-bond donors (Lipinski definition) is 0. The molecule has 90 valence electrons. The van der Waals surface area contributed by atoms with Crippen LogP contribution in [0, 0.1) is 5.41 Å². The average molecular weight is 234 g/mol. The number of ether oxygens (including phenoxy) is 1. The number of carbonyl (C=O) groups excluding carboxylic acids is 3. The van der Waals surface area contributed by atoms with Crippen molar-refractivity contribution in [2.75, 3.05) is 0 Å². The van der Waals surface area contributed by atoms with E-state index in [2.05, 4.69) is 4.74 Å². The van der Waals surface area contributed by atoms with Crippen molar-refractivity contribution in [1.29, 1.82) is 0 Å². The summed E-state index contributed by atoms with van der Waals surface area (Å²) in [7, 11) is 0. The lowest BCUT2D eigenvalue weighted by Gasteiger charge is -2.19. The van der Waals surface area contributed by atoms with Gasteiger partial charge in [0.25, 0.3) is 0 Å². The van der Waals surface area contributed by atoms with Crippen LogP contribution in [0.15, 0.2) is 30.3 Å². The molecule has 1 aromatic rings. The Kier molecular flexibility index (Phi) is 4.15. The second kappa shape index (κ2) is 5.39. The zero-order chi connectivity index (χ0) is 12.9. The van der Waals surface area contributed by atoms with Gasteiger partial charge in [-0.05, 0) is 13.8 Å². The highest BCUT2D eigenvalue weighted by molar-refractivity contribution is 5.99. The van der Waals surface area contributed by atoms with E-state index in [-0.39, 0.29) is 18.7 Å². The van der Waals surface area contributed by atoms with Crippen LogP contribution in [-0.4, -0.2) is 18.2 Å². The first-order chi connectivity index (χ1) is 7.97. The molecule has 0 aliphatic heterocycles. The Balaban J connectivity index is 2.74. The van der Waals surface area contributed by atoms with E-state index in [4.69, 9.17) is 0 Å². The van der Waals surface area contributed by atoms with Crippen molar-refractivity contribution in [3.63, 3.8) is 0 Å². The lowest BCUT2D eigenvalue weighted by Crippen LogP contribution is -2.29. The van der Waals surface area contributed by atoms with Crippen molar-refractivity contribution in [2.24, 2.45) is 5.41 Å². The molecule has 0 saturated heterocycles. The molecular weight excluding hydrogens is 220 g/mol. The van der Waals surface area contributed by atoms with Gasteiger partial charge in [-0.3, -0.25) is 14.4 Å². The molecule has 0 amide bonds. The second-order valence-corrected chi connectivity index (χ2v) is 4.35. The predicted molar refractivity (Wildman–Crippen MR) is 61.3 cm³/mol. The molecule has 0 aromatic heterocycles. The van der Waals surface area contributed by atoms with Gasteiger partial charge in [0.1, 0.15) is 0 Å². The number of esters is 1. The van der Waals surface area contributed by atoms with Gasteiger partial charge in [-0.2, -0.15) is 0 Å². The third-order valence-corrected chi connectivity index (χ3v) is 2.41. The Morgan fingerprint density at radius 2 is 1.82 bits per heavy atom. The largest absolute Gasteiger partial charge is 0.395 e. The van der Waals surface area contributed by atoms with Crippen LogP contribution in [0.4, 0.5) is 0 Å². The summed E-state index contributed by atoms with van der Waals surface area (Å²) in [6, 6.07) is 8.68. The molecule has 17 heavy (non-hydrogen) atoms. The van der Waals surface area contributed by atoms with Crippen LogP contribution in [-0.2, 0) is 14.3 Å². The maximum atomic E-state index is 11.9. The van der Waals surface area contributed by atoms with E-state index in [1.54, 1.807) is 38.1 Å². The fourth-order valence-corrected chi connectivity index (χ4v) is 1.40. The maximum absolute atomic E-state index is 11.9. The second-order valence-electron chi connectivity index (χ2n) is 4.35. The lowest BCUT2D eigenvalue weighted by atomic mass is 9.85. The molecule has 0 atom stereocenters. The molecule has 0 fully saturated rings. The molecule has 0 aliphatic rings. The Labute approximate surface area is 99.6 Å². The number of ketones is 1. The van der Waals surface area contributed by atoms with Crippen LogP contribution in [0.5, 0.6) is 0 Å². The SMILES string of the molecule is CC(C)(CC(=O)c1ccccc1)C(=O)OC=O. The normalized spacial score (nSPS) is 10.7. The van der Waals surface area contributed by atoms with Crippen LogP contribution in [0.1, 0.15) is 30.6 Å². The van der Waals surface area contributed by atoms with Gasteiger partial charge in [-0.15, -0.1) is 0 Å². The van der Waals surface area contributed by atoms with Gasteiger partial charge in [0.05, 0.1) is 5.41 Å². The zero-order valence-electron chi connectivity index (χ0n) is 9.80. The molecule has 0 aliphatic carbocycles. The minimum Gasteiger partial charge on any atom is -0.395 e. The van der Waals surface area contributed by atoms with E-state index in [0.29, 0.717) is 5.56 Å². The van der Waals surface area contributed by atoms with Crippen molar-refractivity contribution in [2.45, 2.75) is 20.3 Å². The van der Waals surface area contributed by atoms with E-state index < -0.39 is 11.4 Å². The summed E-state index contributed by atoms with van der Waals surface area (Å²) >= 11 is 0. The summed E-state index contributed by atoms with van der Waals surface area (Å²) in [4.78, 5) is 33.4. The van der Waals surface area contributed by atoms with Crippen molar-refractivity contribution < 1.29 is 19.1 Å². The quantitative estimate of drug-likeness (QED) is 0.338. The number of benzene rings is 1. The first kappa shape index (κ1) is 13.1. The minimum atomic E-state index is -1.01. The molecule has 0 radical (unpaired) electrons. The number of Topliss-reactive ketones (excluding diaryl/α,β-unsaturated/α-hetero) is 1. The molecule has 0 spiro atoms. The molecule has 1 rings (SSSR count). The Morgan fingerprint density at radius 3 is 2.35 bits per heavy atom. The molecule has 4 heteroatoms. The molecular formula is C13H14O4. The Hall–Kier alpha value is -1.97. The monoisotopic (exact) mass is 234 g/mol. The van der Waals surface area contributed by atoms with Gasteiger partial charge < -0.3 is 4.74 Å². The van der Waals surface area contributed by atoms with E-state index in [1.165, 1.54) is 0 Å². The van der Waals surface area contributed by atoms with Crippen LogP contribution < -0.4 is 0 Å². The molecule has 0 unspecified atom stereocenters. The smallest absolute Gasteiger partial charge is 0.319 e. The van der Waals surface area contributed by atoms with Gasteiger partial charge in [0, 0.05) is 12.0 Å². The Bertz CT molecular complexity index is 420. The highest BCUT2D eigenvalue weighted by Crippen LogP contribution is 2.24. The maximum Gasteiger partial charge on any atom is 0.319 e. The molecule has 0 bridgehead atoms. The average Bonchev–Trinajstić information content (AvgIpc) is 2.30. The van der Waals surface area contributed by atoms with Crippen LogP contribution in [0.3, 0.4) is 0 Å². The van der Waals surface area contributed by atoms with E-state index in [9.17, 15) is 14.4 Å². The van der Waals surface area contributed by atoms with E-state index in [0.717, 1.165) is 0 Å². The predicted octanol–water partition coefficient (Wildman–Crippen LogP) is 1.99. The van der Waals surface area contributed by atoms with E-state index >= 15 is 0 Å². The zero-order valence-corrected chi connectivity index (χ0v) is 9.80. The van der Waals surface area contributed by atoms with Crippen molar-refractivity contribution >= 4 is 18.2 Å². The molecule has 0 heterocycles. The van der Waals surface area contributed by atoms with Gasteiger partial charge in [0.15, 0.2) is 5.78 Å². The minimum absolute atomic E-state index is 0.00366. The molecule has 1 aromatic carbocycles. The van der Waals surface area contributed by atoms with Crippen LogP contribution in [0.2, 0.25) is 0 Å². The molecule has 4 nitrogen and oxygen atoms in total. The number of carbonyl (C=O) groups is 3. The van der Waals surface area contributed by atoms with Gasteiger partial charge >= 0.3 is 12.4 Å². The van der Waals surface area contributed by atoms with Gasteiger partial charge in [-0.1, -0.05) is 30.3 Å². The topological polar surface area (TPSA) is 60.4 Å². The fourth-order valence-electron chi connectivity index (χ4n) is 1.40. The van der Waals surface area contributed by atoms with Gasteiger partial charge in [-0.25, -0.2) is 0 Å². The number of rotatable bonds is 5. The summed E-state index contributed by atoms with van der Waals surface area (Å²) in [5.41, 5.74) is -0.465. The van der Waals surface area contributed by atoms with Crippen molar-refractivity contribution in [3.05, 3.63) is 35.9 Å². The lowest BCUT2D eigenvalue weighted by molar-refractivity contribution is -0.158. The van der Waals surface area contributed by atoms with Crippen molar-refractivity contribution in [1.82, 2.24) is 0 Å². The fraction of sp³-hybridized carbons (Fsp3) is 0.308. The van der Waals surface area contributed by atoms with Crippen LogP contribution >= 0.6 is 0 Å². The first-order valence-electron chi connectivity index (χ1n) is 5.20. The summed E-state index contributed by atoms with van der Waals surface area (Å²) in [5, 5.41) is 0. The summed E-state index contributed by atoms with van der Waals surface area (Å²) in [6.45, 7) is 3.22. The first-order valence-corrected chi connectivity index (χ1v) is 5.20. The standard InChI is InChI=1S/C13H14O4/c1-13(2,12(16)17-9-14)8-11(15)10-6-4-3-5-7-10/h3-7,9H,8H2,1-2H3. The summed E-state index contributed by atoms with van der Waals surface area (Å²) in [5.74, 6) is -0.852. The highest BCUT2D eigenvalue weighted by atomic mass is 16.6. The third-order valence-electron chi connectivity index (χ3n) is 2.41. The van der Waals surface area contributed by atoms with Gasteiger partial charge in [0.2, 0.25) is 0 Å². The molecule has 0 N–H and O–H groups in total. The Morgan fingerprint density at radius 1 is 1.24 bits per heavy atom. The summed E-state index contributed by atoms with van der Waals surface area (Å²) in [6.07, 6.45) is 0.00366. The van der Waals surface area contributed by atoms with E-state index in [1.807, 2.05) is 6.07 Å². The van der Waals surface area contributed by atoms with Crippen molar-refractivity contribution in [3.8, 4) is 0 Å². The third kappa shape index (κ3) is 3.52. The number of hydrogen-bond acceptors (Lipinski definition) is 4. The van der Waals surface area contributed by atoms with Crippen LogP contribution in [0.25, 0.3) is 0 Å².